The van der Waals surface area contributed by atoms with E-state index in [1.54, 1.807) is 0 Å². The molecule has 0 fully saturated rings. The van der Waals surface area contributed by atoms with Crippen molar-refractivity contribution in [3.8, 4) is 44.9 Å². The van der Waals surface area contributed by atoms with Gasteiger partial charge in [-0.1, -0.05) is 121 Å². The standard InChI is InChI=1S/C32H24N2/c1-34-31(25-18-10-4-11-19-25)28-27(23-14-6-2-7-15-23)22-33-30(24-16-8-3-9-17-24)29(28)32(34)26-20-12-5-13-21-26/h2-22H,1H3. The van der Waals surface area contributed by atoms with Crippen molar-refractivity contribution >= 4 is 10.8 Å². The van der Waals surface area contributed by atoms with Crippen molar-refractivity contribution in [1.29, 1.82) is 0 Å². The van der Waals surface area contributed by atoms with Crippen LogP contribution in [0.5, 0.6) is 0 Å². The van der Waals surface area contributed by atoms with E-state index in [9.17, 15) is 0 Å². The van der Waals surface area contributed by atoms with Gasteiger partial charge >= 0.3 is 0 Å². The Morgan fingerprint density at radius 2 is 0.882 bits per heavy atom. The summed E-state index contributed by atoms with van der Waals surface area (Å²) >= 11 is 0. The number of aromatic nitrogens is 2. The van der Waals surface area contributed by atoms with E-state index in [1.165, 1.54) is 38.9 Å². The van der Waals surface area contributed by atoms with Crippen molar-refractivity contribution in [3.63, 3.8) is 0 Å². The summed E-state index contributed by atoms with van der Waals surface area (Å²) in [5.41, 5.74) is 9.20. The Kier molecular flexibility index (Phi) is 5.04. The third kappa shape index (κ3) is 3.32. The average Bonchev–Trinajstić information content (AvgIpc) is 3.22. The summed E-state index contributed by atoms with van der Waals surface area (Å²) in [5.74, 6) is 0. The summed E-state index contributed by atoms with van der Waals surface area (Å²) in [4.78, 5) is 5.07. The van der Waals surface area contributed by atoms with Crippen LogP contribution in [0, 0.1) is 0 Å². The molecule has 0 spiro atoms. The highest BCUT2D eigenvalue weighted by Gasteiger charge is 2.24. The Labute approximate surface area is 199 Å². The number of fused-ring (bicyclic) bond motifs is 1. The van der Waals surface area contributed by atoms with E-state index < -0.39 is 0 Å². The summed E-state index contributed by atoms with van der Waals surface area (Å²) in [5, 5.41) is 2.41. The monoisotopic (exact) mass is 436 g/mol. The first-order chi connectivity index (χ1) is 16.8. The lowest BCUT2D eigenvalue weighted by molar-refractivity contribution is 0.951. The van der Waals surface area contributed by atoms with Gasteiger partial charge in [-0.25, -0.2) is 0 Å². The van der Waals surface area contributed by atoms with Crippen molar-refractivity contribution in [1.82, 2.24) is 9.55 Å². The molecule has 0 aliphatic rings. The van der Waals surface area contributed by atoms with Gasteiger partial charge in [0.2, 0.25) is 0 Å². The smallest absolute Gasteiger partial charge is 0.0802 e. The van der Waals surface area contributed by atoms with Gasteiger partial charge in [-0.15, -0.1) is 0 Å². The zero-order chi connectivity index (χ0) is 22.9. The lowest BCUT2D eigenvalue weighted by Crippen LogP contribution is -1.95. The van der Waals surface area contributed by atoms with Crippen LogP contribution in [0.2, 0.25) is 0 Å². The second-order valence-corrected chi connectivity index (χ2v) is 8.49. The number of nitrogens with zero attached hydrogens (tertiary/aromatic N) is 2. The molecule has 4 aromatic carbocycles. The number of hydrogen-bond acceptors (Lipinski definition) is 1. The maximum absolute atomic E-state index is 5.07. The van der Waals surface area contributed by atoms with Gasteiger partial charge in [-0.2, -0.15) is 0 Å². The van der Waals surface area contributed by atoms with E-state index >= 15 is 0 Å². The van der Waals surface area contributed by atoms with Crippen molar-refractivity contribution in [2.24, 2.45) is 7.05 Å². The van der Waals surface area contributed by atoms with Crippen LogP contribution < -0.4 is 0 Å². The molecule has 2 heterocycles. The molecule has 0 unspecified atom stereocenters. The van der Waals surface area contributed by atoms with E-state index in [2.05, 4.69) is 133 Å². The van der Waals surface area contributed by atoms with Gasteiger partial charge in [0.15, 0.2) is 0 Å². The topological polar surface area (TPSA) is 17.8 Å². The van der Waals surface area contributed by atoms with Gasteiger partial charge in [0.1, 0.15) is 0 Å². The lowest BCUT2D eigenvalue weighted by Gasteiger charge is -2.11. The first kappa shape index (κ1) is 20.2. The molecule has 6 aromatic rings. The maximum Gasteiger partial charge on any atom is 0.0802 e. The highest BCUT2D eigenvalue weighted by molar-refractivity contribution is 6.16. The van der Waals surface area contributed by atoms with Crippen LogP contribution in [0.4, 0.5) is 0 Å². The minimum absolute atomic E-state index is 1.01. The SMILES string of the molecule is Cn1c(-c2ccccc2)c2c(-c3ccccc3)cnc(-c3ccccc3)c2c1-c1ccccc1. The van der Waals surface area contributed by atoms with E-state index in [0.29, 0.717) is 0 Å². The Morgan fingerprint density at radius 1 is 0.471 bits per heavy atom. The zero-order valence-electron chi connectivity index (χ0n) is 19.0. The molecule has 0 bridgehead atoms. The molecule has 0 aliphatic heterocycles. The van der Waals surface area contributed by atoms with E-state index in [4.69, 9.17) is 4.98 Å². The van der Waals surface area contributed by atoms with Gasteiger partial charge in [-0.05, 0) is 16.7 Å². The van der Waals surface area contributed by atoms with E-state index in [0.717, 1.165) is 16.8 Å². The number of pyridine rings is 1. The molecule has 0 saturated heterocycles. The van der Waals surface area contributed by atoms with E-state index in [1.807, 2.05) is 6.20 Å². The Balaban J connectivity index is 1.83. The summed E-state index contributed by atoms with van der Waals surface area (Å²) in [7, 11) is 2.17. The van der Waals surface area contributed by atoms with Gasteiger partial charge < -0.3 is 4.57 Å². The van der Waals surface area contributed by atoms with Crippen molar-refractivity contribution < 1.29 is 0 Å². The lowest BCUT2D eigenvalue weighted by atomic mass is 9.94. The van der Waals surface area contributed by atoms with Crippen molar-refractivity contribution in [2.75, 3.05) is 0 Å². The number of hydrogen-bond donors (Lipinski definition) is 0. The normalized spacial score (nSPS) is 11.1. The van der Waals surface area contributed by atoms with Gasteiger partial charge in [0.25, 0.3) is 0 Å². The van der Waals surface area contributed by atoms with E-state index in [-0.39, 0.29) is 0 Å². The fourth-order valence-corrected chi connectivity index (χ4v) is 4.95. The second-order valence-electron chi connectivity index (χ2n) is 8.49. The minimum Gasteiger partial charge on any atom is -0.343 e. The largest absolute Gasteiger partial charge is 0.343 e. The summed E-state index contributed by atoms with van der Waals surface area (Å²) in [6.07, 6.45) is 2.04. The molecule has 2 nitrogen and oxygen atoms in total. The third-order valence-corrected chi connectivity index (χ3v) is 6.45. The minimum atomic E-state index is 1.01. The first-order valence-corrected chi connectivity index (χ1v) is 11.6. The molecule has 2 heteroatoms. The van der Waals surface area contributed by atoms with Gasteiger partial charge in [-0.3, -0.25) is 4.98 Å². The molecule has 0 amide bonds. The summed E-state index contributed by atoms with van der Waals surface area (Å²) < 4.78 is 2.34. The molecular formula is C32H24N2. The molecule has 0 radical (unpaired) electrons. The highest BCUT2D eigenvalue weighted by Crippen LogP contribution is 2.46. The summed E-state index contributed by atoms with van der Waals surface area (Å²) in [6.45, 7) is 0. The zero-order valence-corrected chi connectivity index (χ0v) is 19.0. The average molecular weight is 437 g/mol. The molecule has 6 rings (SSSR count). The Hall–Kier alpha value is -4.43. The van der Waals surface area contributed by atoms with Gasteiger partial charge in [0, 0.05) is 35.1 Å². The molecule has 162 valence electrons. The molecular weight excluding hydrogens is 412 g/mol. The maximum atomic E-state index is 5.07. The van der Waals surface area contributed by atoms with Crippen LogP contribution in [0.1, 0.15) is 0 Å². The first-order valence-electron chi connectivity index (χ1n) is 11.6. The molecule has 0 aliphatic carbocycles. The third-order valence-electron chi connectivity index (χ3n) is 6.45. The fourth-order valence-electron chi connectivity index (χ4n) is 4.95. The van der Waals surface area contributed by atoms with Gasteiger partial charge in [0.05, 0.1) is 17.1 Å². The van der Waals surface area contributed by atoms with Crippen molar-refractivity contribution in [3.05, 3.63) is 128 Å². The Bertz CT molecular complexity index is 1450. The predicted octanol–water partition coefficient (Wildman–Crippen LogP) is 8.24. The summed E-state index contributed by atoms with van der Waals surface area (Å²) in [6, 6.07) is 42.4. The second kappa shape index (κ2) is 8.49. The van der Waals surface area contributed by atoms with Crippen LogP contribution in [0.3, 0.4) is 0 Å². The molecule has 2 aromatic heterocycles. The molecule has 34 heavy (non-hydrogen) atoms. The Morgan fingerprint density at radius 3 is 1.38 bits per heavy atom. The molecule has 0 atom stereocenters. The quantitative estimate of drug-likeness (QED) is 0.272. The van der Waals surface area contributed by atoms with Crippen LogP contribution in [0.25, 0.3) is 55.7 Å². The fraction of sp³-hybridized carbons (Fsp3) is 0.0312. The number of benzene rings is 4. The number of rotatable bonds is 4. The predicted molar refractivity (Wildman–Crippen MR) is 142 cm³/mol. The highest BCUT2D eigenvalue weighted by atomic mass is 15.0. The molecule has 0 N–H and O–H groups in total. The van der Waals surface area contributed by atoms with Crippen LogP contribution >= 0.6 is 0 Å². The van der Waals surface area contributed by atoms with Crippen LogP contribution in [-0.2, 0) is 7.05 Å². The van der Waals surface area contributed by atoms with Crippen LogP contribution in [0.15, 0.2) is 128 Å². The molecule has 0 saturated carbocycles. The van der Waals surface area contributed by atoms with Crippen molar-refractivity contribution in [2.45, 2.75) is 0 Å². The van der Waals surface area contributed by atoms with Crippen LogP contribution in [-0.4, -0.2) is 9.55 Å².